The summed E-state index contributed by atoms with van der Waals surface area (Å²) in [6.45, 7) is 0.635. The Morgan fingerprint density at radius 2 is 1.78 bits per heavy atom. The molecule has 142 valence electrons. The predicted molar refractivity (Wildman–Crippen MR) is 101 cm³/mol. The van der Waals surface area contributed by atoms with E-state index in [1.54, 1.807) is 29.2 Å². The van der Waals surface area contributed by atoms with Gasteiger partial charge in [-0.15, -0.1) is 0 Å². The summed E-state index contributed by atoms with van der Waals surface area (Å²) in [6, 6.07) is 12.3. The van der Waals surface area contributed by atoms with Gasteiger partial charge in [-0.05, 0) is 49.2 Å². The number of para-hydroxylation sites is 1. The van der Waals surface area contributed by atoms with Crippen LogP contribution in [-0.2, 0) is 19.6 Å². The summed E-state index contributed by atoms with van der Waals surface area (Å²) in [4.78, 5) is 25.5. The molecule has 2 aromatic rings. The van der Waals surface area contributed by atoms with E-state index in [0.29, 0.717) is 18.7 Å². The number of hydrogen-bond donors (Lipinski definition) is 1. The van der Waals surface area contributed by atoms with Crippen molar-refractivity contribution in [2.24, 2.45) is 0 Å². The molecule has 1 heterocycles. The molecular weight excluding hydrogens is 368 g/mol. The molecule has 0 radical (unpaired) electrons. The van der Waals surface area contributed by atoms with Crippen LogP contribution in [0, 0.1) is 0 Å². The minimum Gasteiger partial charge on any atom is -0.465 e. The fourth-order valence-corrected chi connectivity index (χ4v) is 4.03. The molecule has 0 atom stereocenters. The molecule has 1 aliphatic rings. The van der Waals surface area contributed by atoms with Crippen LogP contribution in [0.5, 0.6) is 0 Å². The van der Waals surface area contributed by atoms with E-state index < -0.39 is 16.0 Å². The van der Waals surface area contributed by atoms with Gasteiger partial charge in [0.05, 0.1) is 23.3 Å². The monoisotopic (exact) mass is 388 g/mol. The lowest BCUT2D eigenvalue weighted by Crippen LogP contribution is -2.35. The summed E-state index contributed by atoms with van der Waals surface area (Å²) in [7, 11) is -2.67. The van der Waals surface area contributed by atoms with Gasteiger partial charge in [0.2, 0.25) is 5.91 Å². The number of methoxy groups -OCH3 is 1. The van der Waals surface area contributed by atoms with Crippen LogP contribution in [0.2, 0.25) is 0 Å². The molecular formula is C19H20N2O5S. The smallest absolute Gasteiger partial charge is 0.339 e. The largest absolute Gasteiger partial charge is 0.465 e. The normalized spacial score (nSPS) is 14.7. The lowest BCUT2D eigenvalue weighted by molar-refractivity contribution is -0.119. The fraction of sp³-hybridized carbons (Fsp3) is 0.263. The van der Waals surface area contributed by atoms with Crippen molar-refractivity contribution in [2.75, 3.05) is 23.3 Å². The highest BCUT2D eigenvalue weighted by Crippen LogP contribution is 2.25. The fourth-order valence-electron chi connectivity index (χ4n) is 2.95. The second kappa shape index (κ2) is 7.79. The predicted octanol–water partition coefficient (Wildman–Crippen LogP) is 2.79. The highest BCUT2D eigenvalue weighted by atomic mass is 32.2. The Bertz CT molecular complexity index is 954. The molecule has 1 saturated heterocycles. The van der Waals surface area contributed by atoms with Crippen molar-refractivity contribution in [3.05, 3.63) is 54.1 Å². The molecule has 0 bridgehead atoms. The Morgan fingerprint density at radius 1 is 1.07 bits per heavy atom. The Kier molecular flexibility index (Phi) is 5.46. The minimum absolute atomic E-state index is 0.0374. The molecule has 0 aliphatic carbocycles. The van der Waals surface area contributed by atoms with E-state index in [4.69, 9.17) is 0 Å². The van der Waals surface area contributed by atoms with E-state index in [0.717, 1.165) is 12.8 Å². The van der Waals surface area contributed by atoms with Crippen molar-refractivity contribution in [2.45, 2.75) is 24.2 Å². The van der Waals surface area contributed by atoms with Crippen molar-refractivity contribution in [1.29, 1.82) is 0 Å². The first-order valence-corrected chi connectivity index (χ1v) is 10.0. The van der Waals surface area contributed by atoms with Gasteiger partial charge in [-0.3, -0.25) is 9.52 Å². The van der Waals surface area contributed by atoms with Crippen LogP contribution < -0.4 is 9.62 Å². The first-order chi connectivity index (χ1) is 12.9. The zero-order chi connectivity index (χ0) is 19.4. The molecule has 0 unspecified atom stereocenters. The number of amides is 1. The Hall–Kier alpha value is -2.87. The Labute approximate surface area is 158 Å². The van der Waals surface area contributed by atoms with Crippen LogP contribution in [0.3, 0.4) is 0 Å². The first kappa shape index (κ1) is 18.9. The molecule has 27 heavy (non-hydrogen) atoms. The van der Waals surface area contributed by atoms with Crippen LogP contribution in [-0.4, -0.2) is 33.9 Å². The number of sulfonamides is 1. The molecule has 0 saturated carbocycles. The maximum absolute atomic E-state index is 12.7. The molecule has 7 nitrogen and oxygen atoms in total. The van der Waals surface area contributed by atoms with Gasteiger partial charge in [0.1, 0.15) is 0 Å². The van der Waals surface area contributed by atoms with E-state index in [2.05, 4.69) is 9.46 Å². The molecule has 2 aromatic carbocycles. The Morgan fingerprint density at radius 3 is 2.44 bits per heavy atom. The van der Waals surface area contributed by atoms with Gasteiger partial charge in [-0.2, -0.15) is 0 Å². The van der Waals surface area contributed by atoms with E-state index >= 15 is 0 Å². The number of nitrogens with zero attached hydrogens (tertiary/aromatic N) is 1. The lowest BCUT2D eigenvalue weighted by Gasteiger charge is -2.26. The van der Waals surface area contributed by atoms with Crippen molar-refractivity contribution >= 4 is 33.3 Å². The summed E-state index contributed by atoms with van der Waals surface area (Å²) < 4.78 is 32.4. The number of rotatable bonds is 5. The SMILES string of the molecule is COC(=O)c1ccccc1NS(=O)(=O)c1ccc(N2CCCCC2=O)cc1. The van der Waals surface area contributed by atoms with Crippen LogP contribution in [0.1, 0.15) is 29.6 Å². The summed E-state index contributed by atoms with van der Waals surface area (Å²) in [5, 5.41) is 0. The number of ether oxygens (including phenoxy) is 1. The van der Waals surface area contributed by atoms with E-state index in [1.165, 1.54) is 31.4 Å². The number of hydrogen-bond acceptors (Lipinski definition) is 5. The second-order valence-corrected chi connectivity index (χ2v) is 7.82. The van der Waals surface area contributed by atoms with Crippen LogP contribution >= 0.6 is 0 Å². The standard InChI is InChI=1S/C19H20N2O5S/c1-26-19(23)16-6-2-3-7-17(16)20-27(24,25)15-11-9-14(10-12-15)21-13-5-4-8-18(21)22/h2-3,6-7,9-12,20H,4-5,8,13H2,1H3. The van der Waals surface area contributed by atoms with Gasteiger partial charge in [-0.25, -0.2) is 13.2 Å². The lowest BCUT2D eigenvalue weighted by atomic mass is 10.1. The highest BCUT2D eigenvalue weighted by molar-refractivity contribution is 7.92. The average Bonchev–Trinajstić information content (AvgIpc) is 2.68. The van der Waals surface area contributed by atoms with E-state index in [-0.39, 0.29) is 22.1 Å². The number of carbonyl (C=O) groups excluding carboxylic acids is 2. The zero-order valence-electron chi connectivity index (χ0n) is 14.8. The average molecular weight is 388 g/mol. The van der Waals surface area contributed by atoms with Crippen molar-refractivity contribution in [1.82, 2.24) is 0 Å². The summed E-state index contributed by atoms with van der Waals surface area (Å²) >= 11 is 0. The number of esters is 1. The molecule has 0 aromatic heterocycles. The van der Waals surface area contributed by atoms with Crippen LogP contribution in [0.25, 0.3) is 0 Å². The molecule has 1 aliphatic heterocycles. The Balaban J connectivity index is 1.84. The van der Waals surface area contributed by atoms with Gasteiger partial charge in [0.25, 0.3) is 10.0 Å². The number of carbonyl (C=O) groups is 2. The third-order valence-corrected chi connectivity index (χ3v) is 5.74. The number of nitrogens with one attached hydrogen (secondary N) is 1. The second-order valence-electron chi connectivity index (χ2n) is 6.14. The zero-order valence-corrected chi connectivity index (χ0v) is 15.7. The van der Waals surface area contributed by atoms with Crippen molar-refractivity contribution < 1.29 is 22.7 Å². The molecule has 1 fully saturated rings. The molecule has 8 heteroatoms. The van der Waals surface area contributed by atoms with Gasteiger partial charge in [0, 0.05) is 18.7 Å². The van der Waals surface area contributed by atoms with Gasteiger partial charge >= 0.3 is 5.97 Å². The molecule has 3 rings (SSSR count). The molecule has 0 spiro atoms. The topological polar surface area (TPSA) is 92.8 Å². The van der Waals surface area contributed by atoms with Gasteiger partial charge in [0.15, 0.2) is 0 Å². The van der Waals surface area contributed by atoms with Gasteiger partial charge < -0.3 is 9.64 Å². The third-order valence-electron chi connectivity index (χ3n) is 4.36. The van der Waals surface area contributed by atoms with Crippen molar-refractivity contribution in [3.63, 3.8) is 0 Å². The third kappa shape index (κ3) is 4.11. The van der Waals surface area contributed by atoms with Crippen LogP contribution in [0.4, 0.5) is 11.4 Å². The highest BCUT2D eigenvalue weighted by Gasteiger charge is 2.22. The van der Waals surface area contributed by atoms with E-state index in [9.17, 15) is 18.0 Å². The maximum atomic E-state index is 12.7. The van der Waals surface area contributed by atoms with Crippen LogP contribution in [0.15, 0.2) is 53.4 Å². The minimum atomic E-state index is -3.90. The summed E-state index contributed by atoms with van der Waals surface area (Å²) in [5.74, 6) is -0.589. The summed E-state index contributed by atoms with van der Waals surface area (Å²) in [6.07, 6.45) is 2.31. The molecule has 1 N–H and O–H groups in total. The molecule has 1 amide bonds. The number of piperidine rings is 1. The van der Waals surface area contributed by atoms with Gasteiger partial charge in [-0.1, -0.05) is 12.1 Å². The van der Waals surface area contributed by atoms with E-state index in [1.807, 2.05) is 0 Å². The van der Waals surface area contributed by atoms with Crippen molar-refractivity contribution in [3.8, 4) is 0 Å². The quantitative estimate of drug-likeness (QED) is 0.795. The number of benzene rings is 2. The summed E-state index contributed by atoms with van der Waals surface area (Å²) in [5.41, 5.74) is 0.937. The number of anilines is 2. The first-order valence-electron chi connectivity index (χ1n) is 8.53. The maximum Gasteiger partial charge on any atom is 0.339 e.